The minimum atomic E-state index is 0. The normalized spacial score (nSPS) is 11.0. The number of hydrogen-bond acceptors (Lipinski definition) is 4. The Morgan fingerprint density at radius 1 is 1.19 bits per heavy atom. The largest absolute Gasteiger partial charge is 0.489 e. The van der Waals surface area contributed by atoms with Crippen molar-refractivity contribution in [3.05, 3.63) is 44.7 Å². The summed E-state index contributed by atoms with van der Waals surface area (Å²) in [6.45, 7) is 3.37. The fourth-order valence-corrected chi connectivity index (χ4v) is 2.91. The summed E-state index contributed by atoms with van der Waals surface area (Å²) in [6.07, 6.45) is 0.837. The number of guanidine groups is 1. The van der Waals surface area contributed by atoms with Gasteiger partial charge in [-0.3, -0.25) is 4.99 Å². The standard InChI is InChI=1S/C16H19Cl3N4O2.HI/c1-3-11-8-12(25-23-11)9-22-16(20-2)21-4-5-24-15-13(18)6-10(17)7-14(15)19;/h6-8H,3-5,9H2,1-2H3,(H2,20,21,22);1H. The van der Waals surface area contributed by atoms with Crippen molar-refractivity contribution in [1.29, 1.82) is 0 Å². The van der Waals surface area contributed by atoms with E-state index in [4.69, 9.17) is 44.1 Å². The Bertz CT molecular complexity index is 717. The fraction of sp³-hybridized carbons (Fsp3) is 0.375. The predicted octanol–water partition coefficient (Wildman–Crippen LogP) is 4.56. The van der Waals surface area contributed by atoms with Crippen molar-refractivity contribution in [2.75, 3.05) is 20.2 Å². The third-order valence-corrected chi connectivity index (χ3v) is 4.01. The van der Waals surface area contributed by atoms with Gasteiger partial charge in [-0.05, 0) is 18.6 Å². The molecule has 0 fully saturated rings. The van der Waals surface area contributed by atoms with Crippen molar-refractivity contribution in [3.8, 4) is 5.75 Å². The maximum atomic E-state index is 6.07. The van der Waals surface area contributed by atoms with E-state index in [0.29, 0.717) is 46.5 Å². The van der Waals surface area contributed by atoms with Gasteiger partial charge in [-0.1, -0.05) is 46.9 Å². The zero-order chi connectivity index (χ0) is 18.2. The van der Waals surface area contributed by atoms with E-state index in [1.54, 1.807) is 19.2 Å². The quantitative estimate of drug-likeness (QED) is 0.236. The zero-order valence-electron chi connectivity index (χ0n) is 14.3. The first kappa shape index (κ1) is 23.1. The predicted molar refractivity (Wildman–Crippen MR) is 116 cm³/mol. The summed E-state index contributed by atoms with van der Waals surface area (Å²) in [7, 11) is 1.68. The van der Waals surface area contributed by atoms with Crippen molar-refractivity contribution in [2.45, 2.75) is 19.9 Å². The Morgan fingerprint density at radius 2 is 1.88 bits per heavy atom. The molecule has 0 radical (unpaired) electrons. The maximum absolute atomic E-state index is 6.07. The van der Waals surface area contributed by atoms with Crippen LogP contribution in [0.1, 0.15) is 18.4 Å². The number of rotatable bonds is 7. The number of benzene rings is 1. The Kier molecular flexibility index (Phi) is 10.4. The first-order chi connectivity index (χ1) is 12.0. The monoisotopic (exact) mass is 532 g/mol. The van der Waals surface area contributed by atoms with Crippen LogP contribution in [0, 0.1) is 0 Å². The summed E-state index contributed by atoms with van der Waals surface area (Å²) < 4.78 is 10.8. The summed E-state index contributed by atoms with van der Waals surface area (Å²) in [5, 5.41) is 11.4. The summed E-state index contributed by atoms with van der Waals surface area (Å²) >= 11 is 18.0. The summed E-state index contributed by atoms with van der Waals surface area (Å²) in [5.74, 6) is 1.77. The molecule has 2 N–H and O–H groups in total. The molecule has 1 aromatic carbocycles. The molecule has 0 saturated heterocycles. The fourth-order valence-electron chi connectivity index (χ4n) is 1.99. The van der Waals surface area contributed by atoms with Crippen LogP contribution in [0.5, 0.6) is 5.75 Å². The molecule has 0 aliphatic carbocycles. The van der Waals surface area contributed by atoms with E-state index in [2.05, 4.69) is 20.8 Å². The topological polar surface area (TPSA) is 71.7 Å². The van der Waals surface area contributed by atoms with Gasteiger partial charge in [0.1, 0.15) is 6.61 Å². The molecule has 0 amide bonds. The molecule has 144 valence electrons. The van der Waals surface area contributed by atoms with Crippen LogP contribution in [0.25, 0.3) is 0 Å². The van der Waals surface area contributed by atoms with E-state index in [1.165, 1.54) is 0 Å². The van der Waals surface area contributed by atoms with Crippen LogP contribution in [0.4, 0.5) is 0 Å². The lowest BCUT2D eigenvalue weighted by atomic mass is 10.3. The number of nitrogens with one attached hydrogen (secondary N) is 2. The first-order valence-corrected chi connectivity index (χ1v) is 8.83. The minimum Gasteiger partial charge on any atom is -0.489 e. The highest BCUT2D eigenvalue weighted by molar-refractivity contribution is 14.0. The van der Waals surface area contributed by atoms with Crippen molar-refractivity contribution in [3.63, 3.8) is 0 Å². The van der Waals surface area contributed by atoms with Gasteiger partial charge in [0.25, 0.3) is 0 Å². The number of nitrogens with zero attached hydrogens (tertiary/aromatic N) is 2. The van der Waals surface area contributed by atoms with E-state index < -0.39 is 0 Å². The summed E-state index contributed by atoms with van der Waals surface area (Å²) in [6, 6.07) is 5.08. The van der Waals surface area contributed by atoms with Gasteiger partial charge in [0.2, 0.25) is 0 Å². The number of halogens is 4. The second kappa shape index (κ2) is 11.7. The van der Waals surface area contributed by atoms with E-state index in [0.717, 1.165) is 17.9 Å². The molecule has 0 unspecified atom stereocenters. The van der Waals surface area contributed by atoms with Crippen molar-refractivity contribution in [2.24, 2.45) is 4.99 Å². The number of aryl methyl sites for hydroxylation is 1. The molecule has 26 heavy (non-hydrogen) atoms. The van der Waals surface area contributed by atoms with E-state index in [1.807, 2.05) is 13.0 Å². The Morgan fingerprint density at radius 3 is 2.46 bits per heavy atom. The Hall–Kier alpha value is -0.900. The molecule has 0 spiro atoms. The maximum Gasteiger partial charge on any atom is 0.191 e. The average molecular weight is 534 g/mol. The second-order valence-corrected chi connectivity index (χ2v) is 6.29. The number of aliphatic imine (C=N–C) groups is 1. The van der Waals surface area contributed by atoms with Crippen LogP contribution in [0.3, 0.4) is 0 Å². The lowest BCUT2D eigenvalue weighted by Gasteiger charge is -2.13. The van der Waals surface area contributed by atoms with Crippen molar-refractivity contribution >= 4 is 64.7 Å². The Labute approximate surface area is 184 Å². The SMILES string of the molecule is CCc1cc(CNC(=NC)NCCOc2c(Cl)cc(Cl)cc2Cl)on1.I. The molecule has 0 aliphatic heterocycles. The number of hydrogen-bond donors (Lipinski definition) is 2. The molecule has 10 heteroatoms. The second-order valence-electron chi connectivity index (χ2n) is 5.04. The summed E-state index contributed by atoms with van der Waals surface area (Å²) in [5.41, 5.74) is 0.921. The molecule has 2 aromatic rings. The van der Waals surface area contributed by atoms with Gasteiger partial charge in [-0.2, -0.15) is 0 Å². The van der Waals surface area contributed by atoms with Crippen LogP contribution in [0.2, 0.25) is 15.1 Å². The van der Waals surface area contributed by atoms with Crippen molar-refractivity contribution < 1.29 is 9.26 Å². The third kappa shape index (κ3) is 7.02. The van der Waals surface area contributed by atoms with Crippen LogP contribution in [0.15, 0.2) is 27.7 Å². The van der Waals surface area contributed by atoms with Gasteiger partial charge < -0.3 is 19.9 Å². The lowest BCUT2D eigenvalue weighted by molar-refractivity contribution is 0.322. The highest BCUT2D eigenvalue weighted by atomic mass is 127. The average Bonchev–Trinajstić information content (AvgIpc) is 3.04. The first-order valence-electron chi connectivity index (χ1n) is 7.69. The Balaban J connectivity index is 0.00000338. The van der Waals surface area contributed by atoms with E-state index in [9.17, 15) is 0 Å². The van der Waals surface area contributed by atoms with E-state index >= 15 is 0 Å². The molecule has 2 rings (SSSR count). The van der Waals surface area contributed by atoms with Crippen LogP contribution in [-0.2, 0) is 13.0 Å². The minimum absolute atomic E-state index is 0. The third-order valence-electron chi connectivity index (χ3n) is 3.23. The molecular formula is C16H20Cl3IN4O2. The van der Waals surface area contributed by atoms with Crippen LogP contribution < -0.4 is 15.4 Å². The van der Waals surface area contributed by atoms with Gasteiger partial charge in [0.15, 0.2) is 17.5 Å². The molecule has 0 saturated carbocycles. The molecule has 0 bridgehead atoms. The zero-order valence-corrected chi connectivity index (χ0v) is 18.9. The molecule has 6 nitrogen and oxygen atoms in total. The highest BCUT2D eigenvalue weighted by Gasteiger charge is 2.09. The molecule has 0 aliphatic rings. The smallest absolute Gasteiger partial charge is 0.191 e. The summed E-state index contributed by atoms with van der Waals surface area (Å²) in [4.78, 5) is 4.13. The van der Waals surface area contributed by atoms with Crippen LogP contribution >= 0.6 is 58.8 Å². The highest BCUT2D eigenvalue weighted by Crippen LogP contribution is 2.35. The van der Waals surface area contributed by atoms with Gasteiger partial charge in [0.05, 0.1) is 28.8 Å². The van der Waals surface area contributed by atoms with Gasteiger partial charge in [0, 0.05) is 18.1 Å². The molecule has 0 atom stereocenters. The van der Waals surface area contributed by atoms with E-state index in [-0.39, 0.29) is 24.0 Å². The number of aromatic nitrogens is 1. The lowest BCUT2D eigenvalue weighted by Crippen LogP contribution is -2.38. The van der Waals surface area contributed by atoms with Crippen LogP contribution in [-0.4, -0.2) is 31.3 Å². The molecule has 1 heterocycles. The number of ether oxygens (including phenoxy) is 1. The van der Waals surface area contributed by atoms with Gasteiger partial charge in [-0.25, -0.2) is 0 Å². The van der Waals surface area contributed by atoms with Gasteiger partial charge in [-0.15, -0.1) is 24.0 Å². The van der Waals surface area contributed by atoms with Gasteiger partial charge >= 0.3 is 0 Å². The molecular weight excluding hydrogens is 513 g/mol. The molecule has 1 aromatic heterocycles. The van der Waals surface area contributed by atoms with Crippen molar-refractivity contribution in [1.82, 2.24) is 15.8 Å².